The molecule has 11 rings (SSSR count). The molecule has 0 spiro atoms. The van der Waals surface area contributed by atoms with E-state index in [0.717, 1.165) is 0 Å². The number of benzene rings is 8. The van der Waals surface area contributed by atoms with Crippen LogP contribution in [0.5, 0.6) is 0 Å². The number of aromatic nitrogens is 3. The second kappa shape index (κ2) is 10.8. The predicted octanol–water partition coefficient (Wildman–Crippen LogP) is 12.6. The molecular weight excluding hydrogens is 619 g/mol. The van der Waals surface area contributed by atoms with Crippen molar-refractivity contribution < 1.29 is 0 Å². The van der Waals surface area contributed by atoms with Crippen LogP contribution >= 0.6 is 0 Å². The molecule has 0 aliphatic heterocycles. The van der Waals surface area contributed by atoms with Gasteiger partial charge in [0.1, 0.15) is 0 Å². The van der Waals surface area contributed by atoms with Gasteiger partial charge in [0.15, 0.2) is 0 Å². The lowest BCUT2D eigenvalue weighted by Crippen LogP contribution is -1.97. The van der Waals surface area contributed by atoms with E-state index in [9.17, 15) is 0 Å². The van der Waals surface area contributed by atoms with Crippen molar-refractivity contribution in [3.05, 3.63) is 188 Å². The van der Waals surface area contributed by atoms with E-state index in [1.165, 1.54) is 93.6 Å². The maximum Gasteiger partial charge on any atom is 0.0549 e. The standard InChI is InChI=1S/C48H31N3/c1-3-15-33(16-4-1)49-41-24-12-8-20-36(41)39-31-32(27-28-44(39)49)35-19-7-11-23-40(35)51-43-26-14-10-22-38(43)48-46(51)30-29-45-47(48)37-21-9-13-25-42(37)50(45)34-17-5-2-6-18-34/h1-31H. The average molecular weight is 650 g/mol. The number of hydrogen-bond donors (Lipinski definition) is 0. The minimum atomic E-state index is 1.17. The molecule has 0 atom stereocenters. The maximum atomic E-state index is 2.48. The summed E-state index contributed by atoms with van der Waals surface area (Å²) in [6.45, 7) is 0. The van der Waals surface area contributed by atoms with Gasteiger partial charge in [0, 0.05) is 49.3 Å². The van der Waals surface area contributed by atoms with E-state index in [0.29, 0.717) is 0 Å². The Morgan fingerprint density at radius 1 is 0.275 bits per heavy atom. The molecule has 3 heteroatoms. The van der Waals surface area contributed by atoms with Crippen molar-refractivity contribution in [3.8, 4) is 28.2 Å². The zero-order valence-corrected chi connectivity index (χ0v) is 27.7. The lowest BCUT2D eigenvalue weighted by Gasteiger charge is -2.15. The van der Waals surface area contributed by atoms with Gasteiger partial charge < -0.3 is 13.7 Å². The molecule has 51 heavy (non-hydrogen) atoms. The quantitative estimate of drug-likeness (QED) is 0.180. The van der Waals surface area contributed by atoms with Crippen LogP contribution in [0.3, 0.4) is 0 Å². The first-order valence-corrected chi connectivity index (χ1v) is 17.5. The average Bonchev–Trinajstić information content (AvgIpc) is 3.84. The highest BCUT2D eigenvalue weighted by Gasteiger charge is 2.22. The van der Waals surface area contributed by atoms with Crippen LogP contribution in [-0.2, 0) is 0 Å². The van der Waals surface area contributed by atoms with Crippen molar-refractivity contribution in [3.63, 3.8) is 0 Å². The van der Waals surface area contributed by atoms with E-state index in [-0.39, 0.29) is 0 Å². The summed E-state index contributed by atoms with van der Waals surface area (Å²) in [7, 11) is 0. The summed E-state index contributed by atoms with van der Waals surface area (Å²) >= 11 is 0. The number of fused-ring (bicyclic) bond motifs is 10. The summed E-state index contributed by atoms with van der Waals surface area (Å²) in [4.78, 5) is 0. The molecule has 3 heterocycles. The molecule has 8 aromatic carbocycles. The largest absolute Gasteiger partial charge is 0.309 e. The smallest absolute Gasteiger partial charge is 0.0549 e. The topological polar surface area (TPSA) is 14.8 Å². The van der Waals surface area contributed by atoms with Gasteiger partial charge in [-0.15, -0.1) is 0 Å². The van der Waals surface area contributed by atoms with Gasteiger partial charge in [-0.1, -0.05) is 115 Å². The molecule has 0 aliphatic rings. The first-order chi connectivity index (χ1) is 25.3. The van der Waals surface area contributed by atoms with Crippen molar-refractivity contribution in [2.45, 2.75) is 0 Å². The van der Waals surface area contributed by atoms with Crippen molar-refractivity contribution in [2.24, 2.45) is 0 Å². The first kappa shape index (κ1) is 28.0. The van der Waals surface area contributed by atoms with E-state index in [4.69, 9.17) is 0 Å². The van der Waals surface area contributed by atoms with Crippen molar-refractivity contribution >= 4 is 65.4 Å². The molecule has 0 bridgehead atoms. The fourth-order valence-corrected chi connectivity index (χ4v) is 8.54. The molecule has 0 aliphatic carbocycles. The van der Waals surface area contributed by atoms with Crippen LogP contribution in [0.2, 0.25) is 0 Å². The van der Waals surface area contributed by atoms with E-state index in [1.54, 1.807) is 0 Å². The Labute approximate surface area is 294 Å². The molecule has 3 aromatic heterocycles. The van der Waals surface area contributed by atoms with Gasteiger partial charge >= 0.3 is 0 Å². The molecule has 11 aromatic rings. The summed E-state index contributed by atoms with van der Waals surface area (Å²) in [5.74, 6) is 0. The Bertz CT molecular complexity index is 3120. The monoisotopic (exact) mass is 649 g/mol. The molecular formula is C48H31N3. The molecule has 0 saturated heterocycles. The minimum Gasteiger partial charge on any atom is -0.309 e. The van der Waals surface area contributed by atoms with Crippen molar-refractivity contribution in [2.75, 3.05) is 0 Å². The van der Waals surface area contributed by atoms with Gasteiger partial charge in [-0.05, 0) is 78.4 Å². The summed E-state index contributed by atoms with van der Waals surface area (Å²) in [5, 5.41) is 7.59. The summed E-state index contributed by atoms with van der Waals surface area (Å²) in [6, 6.07) is 68.3. The van der Waals surface area contributed by atoms with Gasteiger partial charge in [-0.2, -0.15) is 0 Å². The van der Waals surface area contributed by atoms with Gasteiger partial charge in [-0.25, -0.2) is 0 Å². The SMILES string of the molecule is c1ccc(-n2c3ccccc3c3cc(-c4ccccc4-n4c5ccccc5c5c6c7ccccc7n(-c7ccccc7)c6ccc54)ccc32)cc1. The zero-order valence-electron chi connectivity index (χ0n) is 27.7. The van der Waals surface area contributed by atoms with Crippen molar-refractivity contribution in [1.82, 2.24) is 13.7 Å². The van der Waals surface area contributed by atoms with Crippen LogP contribution < -0.4 is 0 Å². The van der Waals surface area contributed by atoms with Crippen molar-refractivity contribution in [1.29, 1.82) is 0 Å². The van der Waals surface area contributed by atoms with E-state index in [1.807, 2.05) is 0 Å². The number of nitrogens with zero attached hydrogens (tertiary/aromatic N) is 3. The molecule has 0 unspecified atom stereocenters. The fraction of sp³-hybridized carbons (Fsp3) is 0. The van der Waals surface area contributed by atoms with E-state index >= 15 is 0 Å². The number of para-hydroxylation sites is 6. The Hall–Kier alpha value is -6.84. The molecule has 0 radical (unpaired) electrons. The normalized spacial score (nSPS) is 11.9. The highest BCUT2D eigenvalue weighted by atomic mass is 15.0. The molecule has 238 valence electrons. The Balaban J connectivity index is 1.20. The second-order valence-corrected chi connectivity index (χ2v) is 13.3. The highest BCUT2D eigenvalue weighted by molar-refractivity contribution is 6.29. The van der Waals surface area contributed by atoms with Crippen LogP contribution in [0.15, 0.2) is 188 Å². The number of rotatable bonds is 4. The lowest BCUT2D eigenvalue weighted by atomic mass is 10.0. The summed E-state index contributed by atoms with van der Waals surface area (Å²) < 4.78 is 7.27. The molecule has 0 amide bonds. The minimum absolute atomic E-state index is 1.17. The van der Waals surface area contributed by atoms with E-state index in [2.05, 4.69) is 202 Å². The summed E-state index contributed by atoms with van der Waals surface area (Å²) in [6.07, 6.45) is 0. The third kappa shape index (κ3) is 4.00. The van der Waals surface area contributed by atoms with Gasteiger partial charge in [0.05, 0.1) is 38.8 Å². The summed E-state index contributed by atoms with van der Waals surface area (Å²) in [5.41, 5.74) is 13.1. The lowest BCUT2D eigenvalue weighted by molar-refractivity contribution is 1.17. The van der Waals surface area contributed by atoms with Crippen LogP contribution in [0.25, 0.3) is 93.6 Å². The Morgan fingerprint density at radius 2 is 0.706 bits per heavy atom. The molecule has 0 fully saturated rings. The van der Waals surface area contributed by atoms with Crippen LogP contribution in [-0.4, -0.2) is 13.7 Å². The fourth-order valence-electron chi connectivity index (χ4n) is 8.54. The Morgan fingerprint density at radius 3 is 1.35 bits per heavy atom. The van der Waals surface area contributed by atoms with E-state index < -0.39 is 0 Å². The number of hydrogen-bond acceptors (Lipinski definition) is 0. The van der Waals surface area contributed by atoms with Gasteiger partial charge in [0.25, 0.3) is 0 Å². The maximum absolute atomic E-state index is 2.48. The molecule has 0 N–H and O–H groups in total. The van der Waals surface area contributed by atoms with Crippen LogP contribution in [0, 0.1) is 0 Å². The third-order valence-electron chi connectivity index (χ3n) is 10.6. The third-order valence-corrected chi connectivity index (χ3v) is 10.6. The molecule has 3 nitrogen and oxygen atoms in total. The predicted molar refractivity (Wildman–Crippen MR) is 215 cm³/mol. The Kier molecular flexibility index (Phi) is 5.96. The molecule has 0 saturated carbocycles. The highest BCUT2D eigenvalue weighted by Crippen LogP contribution is 2.44. The first-order valence-electron chi connectivity index (χ1n) is 17.5. The van der Waals surface area contributed by atoms with Gasteiger partial charge in [0.2, 0.25) is 0 Å². The van der Waals surface area contributed by atoms with Crippen LogP contribution in [0.4, 0.5) is 0 Å². The van der Waals surface area contributed by atoms with Gasteiger partial charge in [-0.3, -0.25) is 0 Å². The second-order valence-electron chi connectivity index (χ2n) is 13.3. The zero-order chi connectivity index (χ0) is 33.5. The van der Waals surface area contributed by atoms with Crippen LogP contribution in [0.1, 0.15) is 0 Å².